The molecule has 0 saturated heterocycles. The van der Waals surface area contributed by atoms with Crippen molar-refractivity contribution in [1.29, 1.82) is 0 Å². The largest absolute Gasteiger partial charge is 0.508 e. The van der Waals surface area contributed by atoms with Gasteiger partial charge in [-0.3, -0.25) is 19.3 Å². The van der Waals surface area contributed by atoms with Gasteiger partial charge in [-0.25, -0.2) is 4.79 Å². The van der Waals surface area contributed by atoms with Crippen LogP contribution >= 0.6 is 0 Å². The number of nitrogens with zero attached hydrogens (tertiary/aromatic N) is 3. The third kappa shape index (κ3) is 4.99. The van der Waals surface area contributed by atoms with Crippen LogP contribution < -0.4 is 22.1 Å². The number of allylic oxidation sites excluding steroid dienone is 1. The highest BCUT2D eigenvalue weighted by molar-refractivity contribution is 6.22. The van der Waals surface area contributed by atoms with Crippen molar-refractivity contribution in [2.45, 2.75) is 51.8 Å². The Morgan fingerprint density at radius 2 is 1.70 bits per heavy atom. The number of likely N-dealkylation sites (N-methyl/N-ethyl adjacent to an activating group) is 1. The van der Waals surface area contributed by atoms with Crippen molar-refractivity contribution in [3.05, 3.63) is 45.4 Å². The molecular formula is C30H42N6O7. The van der Waals surface area contributed by atoms with E-state index in [-0.39, 0.29) is 48.2 Å². The molecule has 234 valence electrons. The average Bonchev–Trinajstić information content (AvgIpc) is 2.85. The van der Waals surface area contributed by atoms with Crippen molar-refractivity contribution < 1.29 is 34.5 Å². The number of Topliss-reactive ketones (excluding diaryl/α,β-unsaturated/α-hetero) is 2. The first kappa shape index (κ1) is 31.8. The quantitative estimate of drug-likeness (QED) is 0.249. The fourth-order valence-electron chi connectivity index (χ4n) is 6.94. The van der Waals surface area contributed by atoms with E-state index in [1.165, 1.54) is 9.80 Å². The molecule has 4 atom stereocenters. The monoisotopic (exact) mass is 598 g/mol. The summed E-state index contributed by atoms with van der Waals surface area (Å²) >= 11 is 0. The normalized spacial score (nSPS) is 25.4. The van der Waals surface area contributed by atoms with Gasteiger partial charge in [0.25, 0.3) is 5.91 Å². The van der Waals surface area contributed by atoms with Crippen molar-refractivity contribution >= 4 is 29.2 Å². The number of carbonyl (C=O) groups is 4. The molecule has 3 aliphatic rings. The van der Waals surface area contributed by atoms with E-state index in [2.05, 4.69) is 0 Å². The Balaban J connectivity index is 1.95. The lowest BCUT2D eigenvalue weighted by molar-refractivity contribution is -0.134. The second kappa shape index (κ2) is 10.6. The SMILES string of the molecule is CN(C)c1cc(CN(CC(C)(C)C)C(N)=O)c(O)c2c1C[C@H]1C[C@H]3[C@H](N(C)C)C(=O)C(C(N)=O)=C(O)[C@@]3(O)C(N)=C1C2=O. The van der Waals surface area contributed by atoms with Gasteiger partial charge in [0.05, 0.1) is 23.8 Å². The van der Waals surface area contributed by atoms with Gasteiger partial charge < -0.3 is 42.3 Å². The molecule has 0 unspecified atom stereocenters. The Morgan fingerprint density at radius 1 is 1.09 bits per heavy atom. The smallest absolute Gasteiger partial charge is 0.315 e. The highest BCUT2D eigenvalue weighted by Gasteiger charge is 2.61. The third-order valence-corrected chi connectivity index (χ3v) is 8.69. The van der Waals surface area contributed by atoms with Crippen molar-refractivity contribution in [2.75, 3.05) is 39.6 Å². The lowest BCUT2D eigenvalue weighted by Gasteiger charge is -2.51. The molecule has 4 rings (SSSR count). The molecule has 0 heterocycles. The number of nitrogens with two attached hydrogens (primary N) is 3. The topological polar surface area (TPSA) is 217 Å². The van der Waals surface area contributed by atoms with E-state index >= 15 is 0 Å². The number of hydrogen-bond acceptors (Lipinski definition) is 10. The molecular weight excluding hydrogens is 556 g/mol. The maximum absolute atomic E-state index is 14.3. The number of carbonyl (C=O) groups excluding carboxylic acids is 4. The van der Waals surface area contributed by atoms with Crippen LogP contribution in [0.1, 0.15) is 48.7 Å². The summed E-state index contributed by atoms with van der Waals surface area (Å²) in [5.74, 6) is -5.54. The summed E-state index contributed by atoms with van der Waals surface area (Å²) in [6, 6.07) is -0.0311. The minimum atomic E-state index is -2.43. The number of aliphatic hydroxyl groups is 2. The van der Waals surface area contributed by atoms with Gasteiger partial charge in [-0.2, -0.15) is 0 Å². The van der Waals surface area contributed by atoms with Gasteiger partial charge in [0, 0.05) is 43.4 Å². The number of ketones is 2. The van der Waals surface area contributed by atoms with Crippen LogP contribution in [0, 0.1) is 17.3 Å². The molecule has 3 aliphatic carbocycles. The molecule has 0 spiro atoms. The summed E-state index contributed by atoms with van der Waals surface area (Å²) in [6.45, 7) is 6.04. The van der Waals surface area contributed by atoms with E-state index in [1.54, 1.807) is 39.2 Å². The fourth-order valence-corrected chi connectivity index (χ4v) is 6.94. The fraction of sp³-hybridized carbons (Fsp3) is 0.533. The first-order chi connectivity index (χ1) is 19.7. The van der Waals surface area contributed by atoms with Gasteiger partial charge >= 0.3 is 6.03 Å². The van der Waals surface area contributed by atoms with Crippen molar-refractivity contribution in [1.82, 2.24) is 9.80 Å². The van der Waals surface area contributed by atoms with Gasteiger partial charge in [-0.15, -0.1) is 0 Å². The molecule has 0 bridgehead atoms. The van der Waals surface area contributed by atoms with E-state index < -0.39 is 64.0 Å². The zero-order valence-electron chi connectivity index (χ0n) is 25.7. The van der Waals surface area contributed by atoms with E-state index in [1.807, 2.05) is 20.8 Å². The number of primary amides is 2. The Bertz CT molecular complexity index is 1490. The van der Waals surface area contributed by atoms with Crippen molar-refractivity contribution in [2.24, 2.45) is 34.5 Å². The Morgan fingerprint density at radius 3 is 2.19 bits per heavy atom. The van der Waals surface area contributed by atoms with Crippen LogP contribution in [0.3, 0.4) is 0 Å². The lowest BCUT2D eigenvalue weighted by atomic mass is 9.58. The first-order valence-electron chi connectivity index (χ1n) is 14.0. The second-order valence-electron chi connectivity index (χ2n) is 13.4. The number of phenols is 1. The molecule has 0 aliphatic heterocycles. The molecule has 3 amide bonds. The molecule has 13 heteroatoms. The predicted octanol–water partition coefficient (Wildman–Crippen LogP) is 0.514. The van der Waals surface area contributed by atoms with E-state index in [0.717, 1.165) is 0 Å². The molecule has 0 radical (unpaired) electrons. The summed E-state index contributed by atoms with van der Waals surface area (Å²) < 4.78 is 0. The van der Waals surface area contributed by atoms with Gasteiger partial charge in [-0.05, 0) is 49.9 Å². The molecule has 0 fully saturated rings. The molecule has 1 aromatic carbocycles. The lowest BCUT2D eigenvalue weighted by Crippen LogP contribution is -2.64. The Hall–Kier alpha value is -4.10. The number of rotatable bonds is 6. The van der Waals surface area contributed by atoms with E-state index in [0.29, 0.717) is 16.8 Å². The molecule has 43 heavy (non-hydrogen) atoms. The number of hydrogen-bond donors (Lipinski definition) is 6. The zero-order chi connectivity index (χ0) is 32.5. The molecule has 1 aromatic rings. The average molecular weight is 599 g/mol. The third-order valence-electron chi connectivity index (χ3n) is 8.69. The van der Waals surface area contributed by atoms with Gasteiger partial charge in [0.2, 0.25) is 0 Å². The van der Waals surface area contributed by atoms with Crippen LogP contribution in [-0.4, -0.2) is 95.0 Å². The first-order valence-corrected chi connectivity index (χ1v) is 14.0. The molecule has 9 N–H and O–H groups in total. The second-order valence-corrected chi connectivity index (χ2v) is 13.4. The zero-order valence-corrected chi connectivity index (χ0v) is 25.7. The van der Waals surface area contributed by atoms with Crippen LogP contribution in [0.5, 0.6) is 5.75 Å². The summed E-state index contributed by atoms with van der Waals surface area (Å²) in [5, 5.41) is 34.6. The molecule has 13 nitrogen and oxygen atoms in total. The number of amides is 3. The molecule has 0 aromatic heterocycles. The summed E-state index contributed by atoms with van der Waals surface area (Å²) in [6.07, 6.45) is 0.298. The number of phenolic OH excluding ortho intramolecular Hbond substituents is 1. The number of aliphatic hydroxyl groups excluding tert-OH is 1. The van der Waals surface area contributed by atoms with Crippen LogP contribution in [0.2, 0.25) is 0 Å². The minimum Gasteiger partial charge on any atom is -0.508 e. The number of benzene rings is 1. The number of aromatic hydroxyl groups is 1. The standard InChI is InChI=1S/C30H42N6O7/c1-29(2,3)12-36(28(33)42)11-14-10-17(34(4)5)15-8-13-9-16-21(35(6)7)24(39)20(27(32)41)26(40)30(16,43)25(31)18(13)23(38)19(15)22(14)37/h10,13,16,21,37,40,43H,8-9,11-12,31H2,1-7H3,(H2,32,41)(H2,33,42)/t13-,16-,21-,30-/m0/s1. The highest BCUT2D eigenvalue weighted by Crippen LogP contribution is 2.53. The van der Waals surface area contributed by atoms with Gasteiger partial charge in [0.1, 0.15) is 17.1 Å². The molecule has 0 saturated carbocycles. The highest BCUT2D eigenvalue weighted by atomic mass is 16.3. The minimum absolute atomic E-state index is 0.0212. The van der Waals surface area contributed by atoms with E-state index in [9.17, 15) is 34.5 Å². The van der Waals surface area contributed by atoms with Gasteiger partial charge in [0.15, 0.2) is 17.2 Å². The summed E-state index contributed by atoms with van der Waals surface area (Å²) in [4.78, 5) is 56.9. The number of fused-ring (bicyclic) bond motifs is 3. The van der Waals surface area contributed by atoms with Crippen LogP contribution in [0.15, 0.2) is 28.7 Å². The maximum Gasteiger partial charge on any atom is 0.315 e. The van der Waals surface area contributed by atoms with Gasteiger partial charge in [-0.1, -0.05) is 20.8 Å². The van der Waals surface area contributed by atoms with Crippen LogP contribution in [0.4, 0.5) is 10.5 Å². The predicted molar refractivity (Wildman–Crippen MR) is 159 cm³/mol. The van der Waals surface area contributed by atoms with Crippen LogP contribution in [-0.2, 0) is 22.6 Å². The van der Waals surface area contributed by atoms with Crippen molar-refractivity contribution in [3.8, 4) is 5.75 Å². The number of urea groups is 1. The number of anilines is 1. The Kier molecular flexibility index (Phi) is 7.82. The summed E-state index contributed by atoms with van der Waals surface area (Å²) in [7, 11) is 6.77. The van der Waals surface area contributed by atoms with Crippen molar-refractivity contribution in [3.63, 3.8) is 0 Å². The summed E-state index contributed by atoms with van der Waals surface area (Å²) in [5.41, 5.74) is 15.1. The van der Waals surface area contributed by atoms with E-state index in [4.69, 9.17) is 17.2 Å². The Labute approximate surface area is 250 Å². The van der Waals surface area contributed by atoms with Crippen LogP contribution in [0.25, 0.3) is 0 Å². The maximum atomic E-state index is 14.3.